The van der Waals surface area contributed by atoms with E-state index in [9.17, 15) is 4.79 Å². The fourth-order valence-electron chi connectivity index (χ4n) is 1.51. The molecule has 0 spiro atoms. The first-order valence-corrected chi connectivity index (χ1v) is 4.33. The molecule has 0 aromatic heterocycles. The minimum Gasteiger partial charge on any atom is -0.381 e. The highest BCUT2D eigenvalue weighted by Crippen LogP contribution is 2.28. The number of carbonyl (C=O) groups excluding carboxylic acids is 1. The Labute approximate surface area is 72.8 Å². The highest BCUT2D eigenvalue weighted by Gasteiger charge is 2.30. The summed E-state index contributed by atoms with van der Waals surface area (Å²) in [4.78, 5) is 13.9. The standard InChI is InChI=1S/C9H15NO2/c1-9(2,10-7-11)8-4-3-5-12-6-8/h8H,3-6H2,1-2H3. The second kappa shape index (κ2) is 3.83. The summed E-state index contributed by atoms with van der Waals surface area (Å²) in [5, 5.41) is 0. The monoisotopic (exact) mass is 169 g/mol. The van der Waals surface area contributed by atoms with E-state index in [1.54, 1.807) is 6.08 Å². The Morgan fingerprint density at radius 2 is 2.33 bits per heavy atom. The maximum Gasteiger partial charge on any atom is 0.235 e. The van der Waals surface area contributed by atoms with Crippen LogP contribution in [0.15, 0.2) is 4.99 Å². The number of ether oxygens (including phenoxy) is 1. The summed E-state index contributed by atoms with van der Waals surface area (Å²) in [7, 11) is 0. The number of aliphatic imine (C=N–C) groups is 1. The van der Waals surface area contributed by atoms with Crippen molar-refractivity contribution >= 4 is 6.08 Å². The fourth-order valence-corrected chi connectivity index (χ4v) is 1.51. The van der Waals surface area contributed by atoms with E-state index in [1.165, 1.54) is 0 Å². The molecule has 1 aliphatic rings. The predicted molar refractivity (Wildman–Crippen MR) is 45.7 cm³/mol. The van der Waals surface area contributed by atoms with Crippen LogP contribution >= 0.6 is 0 Å². The van der Waals surface area contributed by atoms with E-state index in [0.717, 1.165) is 26.1 Å². The molecule has 3 heteroatoms. The molecule has 0 aromatic rings. The van der Waals surface area contributed by atoms with Gasteiger partial charge in [-0.1, -0.05) is 0 Å². The zero-order chi connectivity index (χ0) is 9.03. The number of hydrogen-bond acceptors (Lipinski definition) is 3. The molecule has 12 heavy (non-hydrogen) atoms. The van der Waals surface area contributed by atoms with Crippen LogP contribution in [0.5, 0.6) is 0 Å². The fraction of sp³-hybridized carbons (Fsp3) is 0.889. The molecular formula is C9H15NO2. The molecule has 1 atom stereocenters. The van der Waals surface area contributed by atoms with E-state index in [-0.39, 0.29) is 5.54 Å². The molecule has 0 saturated carbocycles. The average Bonchev–Trinajstić information content (AvgIpc) is 2.06. The highest BCUT2D eigenvalue weighted by molar-refractivity contribution is 5.34. The number of rotatable bonds is 2. The third kappa shape index (κ3) is 2.16. The Kier molecular flexibility index (Phi) is 3.01. The van der Waals surface area contributed by atoms with Crippen LogP contribution in [0.3, 0.4) is 0 Å². The van der Waals surface area contributed by atoms with Crippen molar-refractivity contribution in [3.05, 3.63) is 0 Å². The molecule has 1 heterocycles. The largest absolute Gasteiger partial charge is 0.381 e. The Morgan fingerprint density at radius 3 is 2.83 bits per heavy atom. The third-order valence-electron chi connectivity index (χ3n) is 2.49. The van der Waals surface area contributed by atoms with Gasteiger partial charge in [0.05, 0.1) is 12.1 Å². The smallest absolute Gasteiger partial charge is 0.235 e. The first-order valence-electron chi connectivity index (χ1n) is 4.33. The summed E-state index contributed by atoms with van der Waals surface area (Å²) in [6.45, 7) is 5.48. The molecule has 1 fully saturated rings. The summed E-state index contributed by atoms with van der Waals surface area (Å²) in [5.41, 5.74) is -0.303. The van der Waals surface area contributed by atoms with Gasteiger partial charge in [-0.15, -0.1) is 0 Å². The highest BCUT2D eigenvalue weighted by atomic mass is 16.5. The first kappa shape index (κ1) is 9.43. The SMILES string of the molecule is CC(C)(N=C=O)C1CCCOC1. The molecule has 0 amide bonds. The maximum absolute atomic E-state index is 10.1. The van der Waals surface area contributed by atoms with Crippen LogP contribution in [0.25, 0.3) is 0 Å². The van der Waals surface area contributed by atoms with Gasteiger partial charge >= 0.3 is 0 Å². The van der Waals surface area contributed by atoms with Crippen LogP contribution in [0.4, 0.5) is 0 Å². The van der Waals surface area contributed by atoms with Gasteiger partial charge < -0.3 is 4.74 Å². The van der Waals surface area contributed by atoms with Crippen molar-refractivity contribution in [1.82, 2.24) is 0 Å². The van der Waals surface area contributed by atoms with Crippen LogP contribution in [0.1, 0.15) is 26.7 Å². The van der Waals surface area contributed by atoms with Crippen molar-refractivity contribution in [2.75, 3.05) is 13.2 Å². The molecule has 0 bridgehead atoms. The summed E-state index contributed by atoms with van der Waals surface area (Å²) < 4.78 is 5.32. The summed E-state index contributed by atoms with van der Waals surface area (Å²) in [6, 6.07) is 0. The summed E-state index contributed by atoms with van der Waals surface area (Å²) >= 11 is 0. The Morgan fingerprint density at radius 1 is 1.58 bits per heavy atom. The van der Waals surface area contributed by atoms with Crippen LogP contribution in [0, 0.1) is 5.92 Å². The molecule has 1 saturated heterocycles. The van der Waals surface area contributed by atoms with Gasteiger partial charge in [0.1, 0.15) is 0 Å². The number of hydrogen-bond donors (Lipinski definition) is 0. The van der Waals surface area contributed by atoms with Crippen molar-refractivity contribution in [1.29, 1.82) is 0 Å². The second-order valence-electron chi connectivity index (χ2n) is 3.77. The molecule has 3 nitrogen and oxygen atoms in total. The molecule has 1 unspecified atom stereocenters. The maximum atomic E-state index is 10.1. The topological polar surface area (TPSA) is 38.7 Å². The summed E-state index contributed by atoms with van der Waals surface area (Å²) in [6.07, 6.45) is 3.79. The Balaban J connectivity index is 2.59. The van der Waals surface area contributed by atoms with Crippen LogP contribution in [-0.4, -0.2) is 24.8 Å². The van der Waals surface area contributed by atoms with E-state index in [4.69, 9.17) is 4.74 Å². The van der Waals surface area contributed by atoms with Crippen molar-refractivity contribution in [2.45, 2.75) is 32.2 Å². The van der Waals surface area contributed by atoms with Gasteiger partial charge in [-0.3, -0.25) is 0 Å². The zero-order valence-corrected chi connectivity index (χ0v) is 7.67. The molecule has 0 radical (unpaired) electrons. The van der Waals surface area contributed by atoms with E-state index in [2.05, 4.69) is 4.99 Å². The minimum absolute atomic E-state index is 0.303. The molecule has 0 N–H and O–H groups in total. The minimum atomic E-state index is -0.303. The first-order chi connectivity index (χ1) is 5.67. The van der Waals surface area contributed by atoms with Gasteiger partial charge in [0.2, 0.25) is 6.08 Å². The van der Waals surface area contributed by atoms with Crippen molar-refractivity contribution in [2.24, 2.45) is 10.9 Å². The predicted octanol–water partition coefficient (Wildman–Crippen LogP) is 1.53. The third-order valence-corrected chi connectivity index (χ3v) is 2.49. The van der Waals surface area contributed by atoms with Crippen LogP contribution in [0.2, 0.25) is 0 Å². The van der Waals surface area contributed by atoms with E-state index >= 15 is 0 Å². The lowest BCUT2D eigenvalue weighted by atomic mass is 9.84. The average molecular weight is 169 g/mol. The van der Waals surface area contributed by atoms with Crippen molar-refractivity contribution in [3.8, 4) is 0 Å². The molecule has 0 aromatic carbocycles. The van der Waals surface area contributed by atoms with Gasteiger partial charge in [-0.05, 0) is 26.7 Å². The summed E-state index contributed by atoms with van der Waals surface area (Å²) in [5.74, 6) is 0.368. The van der Waals surface area contributed by atoms with Crippen molar-refractivity contribution < 1.29 is 9.53 Å². The van der Waals surface area contributed by atoms with Gasteiger partial charge in [-0.25, -0.2) is 4.79 Å². The molecular weight excluding hydrogens is 154 g/mol. The Bertz CT molecular complexity index is 189. The number of nitrogens with zero attached hydrogens (tertiary/aromatic N) is 1. The molecule has 0 aliphatic carbocycles. The molecule has 1 aliphatic heterocycles. The zero-order valence-electron chi connectivity index (χ0n) is 7.67. The lowest BCUT2D eigenvalue weighted by Crippen LogP contribution is -2.35. The van der Waals surface area contributed by atoms with E-state index in [0.29, 0.717) is 5.92 Å². The van der Waals surface area contributed by atoms with Crippen LogP contribution < -0.4 is 0 Å². The lowest BCUT2D eigenvalue weighted by Gasteiger charge is -2.32. The van der Waals surface area contributed by atoms with Gasteiger partial charge in [0.25, 0.3) is 0 Å². The molecule has 1 rings (SSSR count). The van der Waals surface area contributed by atoms with E-state index < -0.39 is 0 Å². The normalized spacial score (nSPS) is 24.7. The molecule has 68 valence electrons. The Hall–Kier alpha value is -0.660. The number of isocyanates is 1. The van der Waals surface area contributed by atoms with Crippen LogP contribution in [-0.2, 0) is 9.53 Å². The lowest BCUT2D eigenvalue weighted by molar-refractivity contribution is 0.0299. The van der Waals surface area contributed by atoms with Crippen molar-refractivity contribution in [3.63, 3.8) is 0 Å². The van der Waals surface area contributed by atoms with E-state index in [1.807, 2.05) is 13.8 Å². The van der Waals surface area contributed by atoms with Gasteiger partial charge in [0.15, 0.2) is 0 Å². The second-order valence-corrected chi connectivity index (χ2v) is 3.77. The van der Waals surface area contributed by atoms with Gasteiger partial charge in [0, 0.05) is 12.5 Å². The van der Waals surface area contributed by atoms with Gasteiger partial charge in [-0.2, -0.15) is 4.99 Å². The quantitative estimate of drug-likeness (QED) is 0.464.